The van der Waals surface area contributed by atoms with Crippen molar-refractivity contribution in [3.05, 3.63) is 35.4 Å². The molecule has 1 unspecified atom stereocenters. The predicted molar refractivity (Wildman–Crippen MR) is 76.0 cm³/mol. The standard InChI is InChI=1S/C16H18N2O3/c1-10-5-13(14(6-10)16(20)21)15(19)18-9-12-4-2-3-11(7-12)8-17/h2-4,7,10,13-14H,5-6,9H2,1H3,(H,18,19)(H,20,21)/t10?,13-,14+/m0/s1. The first kappa shape index (κ1) is 15.0. The Labute approximate surface area is 123 Å². The first-order valence-corrected chi connectivity index (χ1v) is 7.00. The van der Waals surface area contributed by atoms with Crippen LogP contribution >= 0.6 is 0 Å². The van der Waals surface area contributed by atoms with E-state index in [1.54, 1.807) is 18.2 Å². The molecular formula is C16H18N2O3. The molecule has 1 aliphatic carbocycles. The van der Waals surface area contributed by atoms with Crippen LogP contribution in [0.3, 0.4) is 0 Å². The third-order valence-corrected chi connectivity index (χ3v) is 3.98. The zero-order chi connectivity index (χ0) is 15.4. The van der Waals surface area contributed by atoms with Crippen LogP contribution in [0.25, 0.3) is 0 Å². The van der Waals surface area contributed by atoms with E-state index >= 15 is 0 Å². The Hall–Kier alpha value is -2.35. The molecule has 0 aliphatic heterocycles. The molecule has 5 nitrogen and oxygen atoms in total. The van der Waals surface area contributed by atoms with Crippen molar-refractivity contribution in [2.24, 2.45) is 17.8 Å². The second-order valence-electron chi connectivity index (χ2n) is 5.66. The number of carbonyl (C=O) groups excluding carboxylic acids is 1. The summed E-state index contributed by atoms with van der Waals surface area (Å²) in [5, 5.41) is 20.8. The molecule has 1 aromatic rings. The van der Waals surface area contributed by atoms with Crippen molar-refractivity contribution < 1.29 is 14.7 Å². The molecule has 0 heterocycles. The Morgan fingerprint density at radius 2 is 2.10 bits per heavy atom. The third-order valence-electron chi connectivity index (χ3n) is 3.98. The number of carboxylic acid groups (broad SMARTS) is 1. The summed E-state index contributed by atoms with van der Waals surface area (Å²) in [6.45, 7) is 2.28. The van der Waals surface area contributed by atoms with E-state index in [4.69, 9.17) is 5.26 Å². The van der Waals surface area contributed by atoms with Gasteiger partial charge in [-0.3, -0.25) is 9.59 Å². The lowest BCUT2D eigenvalue weighted by molar-refractivity contribution is -0.146. The molecule has 2 N–H and O–H groups in total. The molecular weight excluding hydrogens is 268 g/mol. The lowest BCUT2D eigenvalue weighted by Crippen LogP contribution is -2.34. The Kier molecular flexibility index (Phi) is 4.59. The van der Waals surface area contributed by atoms with Crippen molar-refractivity contribution >= 4 is 11.9 Å². The highest BCUT2D eigenvalue weighted by molar-refractivity contribution is 5.85. The van der Waals surface area contributed by atoms with Crippen LogP contribution in [0, 0.1) is 29.1 Å². The van der Waals surface area contributed by atoms with Gasteiger partial charge in [-0.05, 0) is 36.5 Å². The summed E-state index contributed by atoms with van der Waals surface area (Å²) in [6.07, 6.45) is 1.17. The smallest absolute Gasteiger partial charge is 0.307 e. The first-order chi connectivity index (χ1) is 10.0. The van der Waals surface area contributed by atoms with Gasteiger partial charge >= 0.3 is 5.97 Å². The van der Waals surface area contributed by atoms with Gasteiger partial charge < -0.3 is 10.4 Å². The number of hydrogen-bond acceptors (Lipinski definition) is 3. The maximum atomic E-state index is 12.2. The van der Waals surface area contributed by atoms with Crippen LogP contribution < -0.4 is 5.32 Å². The average Bonchev–Trinajstić information content (AvgIpc) is 2.87. The van der Waals surface area contributed by atoms with E-state index in [0.717, 1.165) is 5.56 Å². The van der Waals surface area contributed by atoms with Crippen molar-refractivity contribution in [1.82, 2.24) is 5.32 Å². The predicted octanol–water partition coefficient (Wildman–Crippen LogP) is 1.92. The summed E-state index contributed by atoms with van der Waals surface area (Å²) in [6, 6.07) is 9.05. The molecule has 0 saturated heterocycles. The summed E-state index contributed by atoms with van der Waals surface area (Å²) in [5.74, 6) is -1.91. The number of nitrogens with one attached hydrogen (secondary N) is 1. The quantitative estimate of drug-likeness (QED) is 0.884. The minimum Gasteiger partial charge on any atom is -0.481 e. The number of carboxylic acids is 1. The minimum absolute atomic E-state index is 0.214. The summed E-state index contributed by atoms with van der Waals surface area (Å²) in [5.41, 5.74) is 1.37. The Morgan fingerprint density at radius 1 is 1.38 bits per heavy atom. The molecule has 1 saturated carbocycles. The van der Waals surface area contributed by atoms with Crippen molar-refractivity contribution in [1.29, 1.82) is 5.26 Å². The molecule has 0 radical (unpaired) electrons. The molecule has 3 atom stereocenters. The van der Waals surface area contributed by atoms with Crippen LogP contribution in [0.4, 0.5) is 0 Å². The monoisotopic (exact) mass is 286 g/mol. The van der Waals surface area contributed by atoms with Gasteiger partial charge in [-0.1, -0.05) is 19.1 Å². The van der Waals surface area contributed by atoms with Gasteiger partial charge in [0.1, 0.15) is 0 Å². The summed E-state index contributed by atoms with van der Waals surface area (Å²) in [7, 11) is 0. The second kappa shape index (κ2) is 6.40. The van der Waals surface area contributed by atoms with Gasteiger partial charge in [0.15, 0.2) is 0 Å². The molecule has 2 rings (SSSR count). The molecule has 0 spiro atoms. The molecule has 0 bridgehead atoms. The van der Waals surface area contributed by atoms with E-state index in [-0.39, 0.29) is 11.8 Å². The van der Waals surface area contributed by atoms with E-state index in [2.05, 4.69) is 5.32 Å². The molecule has 1 amide bonds. The molecule has 0 aromatic heterocycles. The number of amides is 1. The highest BCUT2D eigenvalue weighted by atomic mass is 16.4. The second-order valence-corrected chi connectivity index (χ2v) is 5.66. The zero-order valence-electron chi connectivity index (χ0n) is 11.9. The van der Waals surface area contributed by atoms with Gasteiger partial charge in [-0.15, -0.1) is 0 Å². The first-order valence-electron chi connectivity index (χ1n) is 7.00. The summed E-state index contributed by atoms with van der Waals surface area (Å²) < 4.78 is 0. The summed E-state index contributed by atoms with van der Waals surface area (Å²) in [4.78, 5) is 23.4. The van der Waals surface area contributed by atoms with Crippen molar-refractivity contribution in [3.63, 3.8) is 0 Å². The fourth-order valence-electron chi connectivity index (χ4n) is 2.93. The maximum Gasteiger partial charge on any atom is 0.307 e. The van der Waals surface area contributed by atoms with Crippen LogP contribution in [-0.2, 0) is 16.1 Å². The molecule has 1 aliphatic rings. The van der Waals surface area contributed by atoms with Crippen LogP contribution in [0.15, 0.2) is 24.3 Å². The molecule has 1 aromatic carbocycles. The van der Waals surface area contributed by atoms with Crippen LogP contribution in [-0.4, -0.2) is 17.0 Å². The number of hydrogen-bond donors (Lipinski definition) is 2. The van der Waals surface area contributed by atoms with Gasteiger partial charge in [0.25, 0.3) is 0 Å². The highest BCUT2D eigenvalue weighted by Crippen LogP contribution is 2.36. The third kappa shape index (κ3) is 3.60. The van der Waals surface area contributed by atoms with Gasteiger partial charge in [0.05, 0.1) is 23.5 Å². The lowest BCUT2D eigenvalue weighted by Gasteiger charge is -2.15. The number of rotatable bonds is 4. The van der Waals surface area contributed by atoms with Gasteiger partial charge in [0.2, 0.25) is 5.91 Å². The number of nitrogens with zero attached hydrogens (tertiary/aromatic N) is 1. The van der Waals surface area contributed by atoms with Crippen LogP contribution in [0.5, 0.6) is 0 Å². The van der Waals surface area contributed by atoms with Crippen molar-refractivity contribution in [3.8, 4) is 6.07 Å². The Morgan fingerprint density at radius 3 is 2.76 bits per heavy atom. The average molecular weight is 286 g/mol. The number of nitriles is 1. The SMILES string of the molecule is CC1C[C@H](C(=O)NCc2cccc(C#N)c2)[C@H](C(=O)O)C1. The van der Waals surface area contributed by atoms with Gasteiger partial charge in [0, 0.05) is 6.54 Å². The fourth-order valence-corrected chi connectivity index (χ4v) is 2.93. The van der Waals surface area contributed by atoms with E-state index in [0.29, 0.717) is 24.9 Å². The molecule has 5 heteroatoms. The van der Waals surface area contributed by atoms with Crippen molar-refractivity contribution in [2.75, 3.05) is 0 Å². The van der Waals surface area contributed by atoms with E-state index in [9.17, 15) is 14.7 Å². The Bertz CT molecular complexity index is 591. The topological polar surface area (TPSA) is 90.2 Å². The van der Waals surface area contributed by atoms with Gasteiger partial charge in [-0.2, -0.15) is 5.26 Å². The van der Waals surface area contributed by atoms with E-state index < -0.39 is 17.8 Å². The minimum atomic E-state index is -0.897. The molecule has 1 fully saturated rings. The Balaban J connectivity index is 1.98. The fraction of sp³-hybridized carbons (Fsp3) is 0.438. The largest absolute Gasteiger partial charge is 0.481 e. The highest BCUT2D eigenvalue weighted by Gasteiger charge is 2.40. The lowest BCUT2D eigenvalue weighted by atomic mass is 9.95. The number of carbonyl (C=O) groups is 2. The van der Waals surface area contributed by atoms with E-state index in [1.165, 1.54) is 0 Å². The van der Waals surface area contributed by atoms with Crippen LogP contribution in [0.1, 0.15) is 30.9 Å². The van der Waals surface area contributed by atoms with Gasteiger partial charge in [-0.25, -0.2) is 0 Å². The van der Waals surface area contributed by atoms with Crippen LogP contribution in [0.2, 0.25) is 0 Å². The zero-order valence-corrected chi connectivity index (χ0v) is 11.9. The maximum absolute atomic E-state index is 12.2. The molecule has 110 valence electrons. The number of benzene rings is 1. The van der Waals surface area contributed by atoms with Crippen molar-refractivity contribution in [2.45, 2.75) is 26.3 Å². The summed E-state index contributed by atoms with van der Waals surface area (Å²) >= 11 is 0. The number of aliphatic carboxylic acids is 1. The van der Waals surface area contributed by atoms with E-state index in [1.807, 2.05) is 19.1 Å². The molecule has 21 heavy (non-hydrogen) atoms. The normalized spacial score (nSPS) is 24.3.